The molecule has 0 bridgehead atoms. The highest BCUT2D eigenvalue weighted by atomic mass is 16.6. The minimum atomic E-state index is -0.407. The van der Waals surface area contributed by atoms with Gasteiger partial charge in [-0.1, -0.05) is 17.3 Å². The van der Waals surface area contributed by atoms with Gasteiger partial charge in [0.25, 0.3) is 5.70 Å². The molecule has 1 N–H and O–H groups in total. The van der Waals surface area contributed by atoms with E-state index in [0.29, 0.717) is 24.1 Å². The Balaban J connectivity index is 3.12. The molecule has 1 aliphatic carbocycles. The van der Waals surface area contributed by atoms with E-state index in [0.717, 1.165) is 5.57 Å². The lowest BCUT2D eigenvalue weighted by atomic mass is 9.83. The highest BCUT2D eigenvalue weighted by Crippen LogP contribution is 2.31. The quantitative estimate of drug-likeness (QED) is 0.329. The maximum absolute atomic E-state index is 10.8. The van der Waals surface area contributed by atoms with E-state index in [1.54, 1.807) is 6.92 Å². The van der Waals surface area contributed by atoms with Crippen molar-refractivity contribution in [3.63, 3.8) is 0 Å². The molecule has 0 heterocycles. The molecule has 0 radical (unpaired) electrons. The fourth-order valence-electron chi connectivity index (χ4n) is 1.69. The molecule has 0 aromatic rings. The standard InChI is InChI=1S/C10H14N2O3/c1-6(2)8-4-9(11-13)7(3)10(5-8)12(14)15/h8,13H,1,4-5H2,2-3H3/b11-9+. The monoisotopic (exact) mass is 210 g/mol. The molecule has 1 aliphatic rings. The first-order valence-corrected chi connectivity index (χ1v) is 4.68. The summed E-state index contributed by atoms with van der Waals surface area (Å²) in [7, 11) is 0. The minimum absolute atomic E-state index is 0.000000000000000444. The summed E-state index contributed by atoms with van der Waals surface area (Å²) in [6.07, 6.45) is 0.891. The van der Waals surface area contributed by atoms with Crippen LogP contribution in [0.4, 0.5) is 0 Å². The van der Waals surface area contributed by atoms with Gasteiger partial charge in [0.15, 0.2) is 0 Å². The SMILES string of the molecule is C=C(C)C1CC([N+](=O)[O-])=C(C)/C(=N/O)C1. The zero-order valence-electron chi connectivity index (χ0n) is 8.86. The van der Waals surface area contributed by atoms with Crippen molar-refractivity contribution in [3.8, 4) is 0 Å². The van der Waals surface area contributed by atoms with Crippen molar-refractivity contribution >= 4 is 5.71 Å². The van der Waals surface area contributed by atoms with E-state index in [-0.39, 0.29) is 11.6 Å². The Morgan fingerprint density at radius 1 is 1.67 bits per heavy atom. The molecule has 0 amide bonds. The summed E-state index contributed by atoms with van der Waals surface area (Å²) < 4.78 is 0. The predicted molar refractivity (Wildman–Crippen MR) is 56.5 cm³/mol. The first-order valence-electron chi connectivity index (χ1n) is 4.68. The molecule has 0 aliphatic heterocycles. The third kappa shape index (κ3) is 2.23. The second-order valence-electron chi connectivity index (χ2n) is 3.83. The van der Waals surface area contributed by atoms with Crippen LogP contribution >= 0.6 is 0 Å². The van der Waals surface area contributed by atoms with Crippen LogP contribution in [0.5, 0.6) is 0 Å². The van der Waals surface area contributed by atoms with Crippen LogP contribution in [0, 0.1) is 16.0 Å². The van der Waals surface area contributed by atoms with Crippen molar-refractivity contribution in [3.05, 3.63) is 33.5 Å². The molecule has 0 spiro atoms. The van der Waals surface area contributed by atoms with Crippen molar-refractivity contribution in [1.82, 2.24) is 0 Å². The minimum Gasteiger partial charge on any atom is -0.411 e. The number of rotatable bonds is 2. The summed E-state index contributed by atoms with van der Waals surface area (Å²) in [5.41, 5.74) is 1.87. The van der Waals surface area contributed by atoms with E-state index in [1.165, 1.54) is 0 Å². The van der Waals surface area contributed by atoms with Gasteiger partial charge in [-0.2, -0.15) is 0 Å². The summed E-state index contributed by atoms with van der Waals surface area (Å²) in [6.45, 7) is 7.23. The number of oxime groups is 1. The number of hydrogen-bond acceptors (Lipinski definition) is 4. The Hall–Kier alpha value is -1.65. The van der Waals surface area contributed by atoms with E-state index < -0.39 is 4.92 Å². The second-order valence-corrected chi connectivity index (χ2v) is 3.83. The third-order valence-corrected chi connectivity index (χ3v) is 2.78. The highest BCUT2D eigenvalue weighted by Gasteiger charge is 2.31. The van der Waals surface area contributed by atoms with Crippen molar-refractivity contribution < 1.29 is 10.1 Å². The molecule has 1 atom stereocenters. The van der Waals surface area contributed by atoms with Crippen LogP contribution in [-0.4, -0.2) is 15.8 Å². The van der Waals surface area contributed by atoms with Crippen LogP contribution in [0.25, 0.3) is 0 Å². The van der Waals surface area contributed by atoms with Gasteiger partial charge in [-0.3, -0.25) is 10.1 Å². The molecule has 0 fully saturated rings. The maximum atomic E-state index is 10.8. The summed E-state index contributed by atoms with van der Waals surface area (Å²) in [5, 5.41) is 22.6. The molecular weight excluding hydrogens is 196 g/mol. The molecule has 1 unspecified atom stereocenters. The summed E-state index contributed by atoms with van der Waals surface area (Å²) in [4.78, 5) is 10.4. The van der Waals surface area contributed by atoms with Crippen LogP contribution in [-0.2, 0) is 0 Å². The number of nitro groups is 1. The molecule has 0 aromatic carbocycles. The summed E-state index contributed by atoms with van der Waals surface area (Å²) >= 11 is 0. The van der Waals surface area contributed by atoms with E-state index in [1.807, 2.05) is 6.92 Å². The highest BCUT2D eigenvalue weighted by molar-refractivity contribution is 6.00. The summed E-state index contributed by atoms with van der Waals surface area (Å²) in [6, 6.07) is 0. The van der Waals surface area contributed by atoms with Gasteiger partial charge < -0.3 is 5.21 Å². The van der Waals surface area contributed by atoms with E-state index in [9.17, 15) is 10.1 Å². The van der Waals surface area contributed by atoms with Crippen molar-refractivity contribution in [1.29, 1.82) is 0 Å². The first kappa shape index (κ1) is 11.4. The van der Waals surface area contributed by atoms with Gasteiger partial charge in [0.2, 0.25) is 0 Å². The Morgan fingerprint density at radius 3 is 2.67 bits per heavy atom. The molecule has 0 aromatic heterocycles. The van der Waals surface area contributed by atoms with E-state index in [2.05, 4.69) is 11.7 Å². The van der Waals surface area contributed by atoms with Gasteiger partial charge >= 0.3 is 0 Å². The molecule has 0 saturated carbocycles. The predicted octanol–water partition coefficient (Wildman–Crippen LogP) is 2.35. The Labute approximate surface area is 87.9 Å². The normalized spacial score (nSPS) is 24.4. The fraction of sp³-hybridized carbons (Fsp3) is 0.500. The Kier molecular flexibility index (Phi) is 3.24. The molecule has 0 saturated heterocycles. The van der Waals surface area contributed by atoms with E-state index in [4.69, 9.17) is 5.21 Å². The summed E-state index contributed by atoms with van der Waals surface area (Å²) in [5.74, 6) is -0.000000000000000444. The van der Waals surface area contributed by atoms with Crippen molar-refractivity contribution in [2.45, 2.75) is 26.7 Å². The molecule has 5 nitrogen and oxygen atoms in total. The third-order valence-electron chi connectivity index (χ3n) is 2.78. The Morgan fingerprint density at radius 2 is 2.27 bits per heavy atom. The lowest BCUT2D eigenvalue weighted by Gasteiger charge is -2.21. The number of hydrogen-bond donors (Lipinski definition) is 1. The second kappa shape index (κ2) is 4.25. The average molecular weight is 210 g/mol. The van der Waals surface area contributed by atoms with Crippen LogP contribution in [0.2, 0.25) is 0 Å². The zero-order valence-corrected chi connectivity index (χ0v) is 8.86. The van der Waals surface area contributed by atoms with Gasteiger partial charge in [0.05, 0.1) is 10.6 Å². The van der Waals surface area contributed by atoms with Gasteiger partial charge in [0.1, 0.15) is 0 Å². The van der Waals surface area contributed by atoms with Crippen LogP contribution in [0.1, 0.15) is 26.7 Å². The first-order chi connectivity index (χ1) is 6.97. The lowest BCUT2D eigenvalue weighted by molar-refractivity contribution is -0.429. The molecule has 1 rings (SSSR count). The molecule has 15 heavy (non-hydrogen) atoms. The van der Waals surface area contributed by atoms with Gasteiger partial charge in [-0.05, 0) is 19.8 Å². The Bertz CT molecular complexity index is 369. The van der Waals surface area contributed by atoms with Gasteiger partial charge in [-0.25, -0.2) is 0 Å². The van der Waals surface area contributed by atoms with Crippen molar-refractivity contribution in [2.75, 3.05) is 0 Å². The topological polar surface area (TPSA) is 75.7 Å². The number of allylic oxidation sites excluding steroid dienone is 3. The fourth-order valence-corrected chi connectivity index (χ4v) is 1.69. The van der Waals surface area contributed by atoms with Crippen LogP contribution in [0.3, 0.4) is 0 Å². The van der Waals surface area contributed by atoms with Crippen LogP contribution in [0.15, 0.2) is 28.6 Å². The molecular formula is C10H14N2O3. The molecule has 82 valence electrons. The number of nitrogens with zero attached hydrogens (tertiary/aromatic N) is 2. The van der Waals surface area contributed by atoms with Gasteiger partial charge in [-0.15, -0.1) is 0 Å². The lowest BCUT2D eigenvalue weighted by Crippen LogP contribution is -2.22. The zero-order chi connectivity index (χ0) is 11.6. The van der Waals surface area contributed by atoms with Crippen LogP contribution < -0.4 is 0 Å². The van der Waals surface area contributed by atoms with E-state index >= 15 is 0 Å². The van der Waals surface area contributed by atoms with Crippen molar-refractivity contribution in [2.24, 2.45) is 11.1 Å². The van der Waals surface area contributed by atoms with Gasteiger partial charge in [0, 0.05) is 18.4 Å². The smallest absolute Gasteiger partial charge is 0.251 e. The average Bonchev–Trinajstić information content (AvgIpc) is 2.17. The maximum Gasteiger partial charge on any atom is 0.251 e. The molecule has 5 heteroatoms. The largest absolute Gasteiger partial charge is 0.411 e.